The van der Waals surface area contributed by atoms with E-state index in [9.17, 15) is 13.2 Å². The molecule has 4 rings (SSSR count). The van der Waals surface area contributed by atoms with Gasteiger partial charge in [0.25, 0.3) is 0 Å². The molecule has 112 valence electrons. The van der Waals surface area contributed by atoms with Crippen LogP contribution in [0.5, 0.6) is 0 Å². The molecule has 22 heavy (non-hydrogen) atoms. The van der Waals surface area contributed by atoms with Crippen LogP contribution < -0.4 is 0 Å². The molecule has 0 saturated heterocycles. The van der Waals surface area contributed by atoms with E-state index in [-0.39, 0.29) is 5.39 Å². The van der Waals surface area contributed by atoms with Crippen molar-refractivity contribution in [3.8, 4) is 0 Å². The standard InChI is InChI=1S/C14H9F3N4S/c15-14(16,17)8-5-22-11-3-10(19-4-7(8)11)13-12-9(1-2-18-13)20-6-21-12/h3-6H,1-2H2,(H,20,21). The largest absolute Gasteiger partial charge is 0.417 e. The van der Waals surface area contributed by atoms with E-state index in [0.717, 1.165) is 34.5 Å². The van der Waals surface area contributed by atoms with Crippen molar-refractivity contribution in [2.75, 3.05) is 6.54 Å². The lowest BCUT2D eigenvalue weighted by Crippen LogP contribution is -2.15. The number of pyridine rings is 1. The third kappa shape index (κ3) is 2.02. The van der Waals surface area contributed by atoms with E-state index in [0.29, 0.717) is 22.7 Å². The van der Waals surface area contributed by atoms with Crippen LogP contribution in [-0.4, -0.2) is 27.2 Å². The minimum Gasteiger partial charge on any atom is -0.348 e. The summed E-state index contributed by atoms with van der Waals surface area (Å²) in [5, 5.41) is 1.25. The van der Waals surface area contributed by atoms with E-state index < -0.39 is 11.7 Å². The van der Waals surface area contributed by atoms with Crippen LogP contribution in [0.25, 0.3) is 10.1 Å². The van der Waals surface area contributed by atoms with Crippen LogP contribution in [0.1, 0.15) is 22.6 Å². The Bertz CT molecular complexity index is 891. The average molecular weight is 322 g/mol. The topological polar surface area (TPSA) is 53.9 Å². The SMILES string of the molecule is FC(F)(F)c1csc2cc(C3=NCCc4[nH]cnc43)ncc12. The molecule has 0 fully saturated rings. The maximum Gasteiger partial charge on any atom is 0.417 e. The molecule has 0 amide bonds. The normalized spacial score (nSPS) is 15.0. The van der Waals surface area contributed by atoms with Gasteiger partial charge in [0.1, 0.15) is 11.4 Å². The summed E-state index contributed by atoms with van der Waals surface area (Å²) in [7, 11) is 0. The summed E-state index contributed by atoms with van der Waals surface area (Å²) in [6.07, 6.45) is -0.720. The number of hydrogen-bond donors (Lipinski definition) is 1. The van der Waals surface area contributed by atoms with Crippen molar-refractivity contribution in [3.63, 3.8) is 0 Å². The summed E-state index contributed by atoms with van der Waals surface area (Å²) in [6.45, 7) is 0.614. The van der Waals surface area contributed by atoms with Crippen LogP contribution in [0.4, 0.5) is 13.2 Å². The van der Waals surface area contributed by atoms with Crippen molar-refractivity contribution in [2.45, 2.75) is 12.6 Å². The third-order valence-electron chi connectivity index (χ3n) is 3.58. The summed E-state index contributed by atoms with van der Waals surface area (Å²) < 4.78 is 39.3. The fraction of sp³-hybridized carbons (Fsp3) is 0.214. The van der Waals surface area contributed by atoms with E-state index >= 15 is 0 Å². The lowest BCUT2D eigenvalue weighted by Gasteiger charge is -2.11. The Morgan fingerprint density at radius 1 is 1.23 bits per heavy atom. The molecule has 4 heterocycles. The zero-order valence-electron chi connectivity index (χ0n) is 11.1. The number of H-pyrrole nitrogens is 1. The lowest BCUT2D eigenvalue weighted by molar-refractivity contribution is -0.136. The molecule has 0 radical (unpaired) electrons. The molecule has 0 spiro atoms. The molecule has 0 bridgehead atoms. The number of fused-ring (bicyclic) bond motifs is 2. The molecular formula is C14H9F3N4S. The van der Waals surface area contributed by atoms with Crippen molar-refractivity contribution in [3.05, 3.63) is 46.6 Å². The van der Waals surface area contributed by atoms with Crippen LogP contribution in [-0.2, 0) is 12.6 Å². The third-order valence-corrected chi connectivity index (χ3v) is 4.53. The fourth-order valence-electron chi connectivity index (χ4n) is 2.54. The second-order valence-corrected chi connectivity index (χ2v) is 5.83. The van der Waals surface area contributed by atoms with E-state index in [1.807, 2.05) is 0 Å². The maximum absolute atomic E-state index is 12.9. The first-order valence-corrected chi connectivity index (χ1v) is 7.44. The number of imidazole rings is 1. The molecule has 1 N–H and O–H groups in total. The van der Waals surface area contributed by atoms with Gasteiger partial charge in [0.2, 0.25) is 0 Å². The molecule has 0 aliphatic carbocycles. The molecule has 4 nitrogen and oxygen atoms in total. The van der Waals surface area contributed by atoms with Crippen molar-refractivity contribution < 1.29 is 13.2 Å². The summed E-state index contributed by atoms with van der Waals surface area (Å²) in [5.74, 6) is 0. The fourth-order valence-corrected chi connectivity index (χ4v) is 3.52. The number of aromatic amines is 1. The Kier molecular flexibility index (Phi) is 2.83. The van der Waals surface area contributed by atoms with Gasteiger partial charge in [-0.1, -0.05) is 0 Å². The van der Waals surface area contributed by atoms with Gasteiger partial charge in [0.05, 0.1) is 17.6 Å². The number of halogens is 3. The number of nitrogens with zero attached hydrogens (tertiary/aromatic N) is 3. The van der Waals surface area contributed by atoms with Gasteiger partial charge >= 0.3 is 6.18 Å². The molecule has 0 unspecified atom stereocenters. The molecular weight excluding hydrogens is 313 g/mol. The van der Waals surface area contributed by atoms with Crippen LogP contribution >= 0.6 is 11.3 Å². The highest BCUT2D eigenvalue weighted by atomic mass is 32.1. The van der Waals surface area contributed by atoms with E-state index in [1.165, 1.54) is 6.20 Å². The zero-order valence-corrected chi connectivity index (χ0v) is 11.9. The molecule has 0 atom stereocenters. The predicted octanol–water partition coefficient (Wildman–Crippen LogP) is 3.43. The van der Waals surface area contributed by atoms with Gasteiger partial charge < -0.3 is 4.98 Å². The second-order valence-electron chi connectivity index (χ2n) is 4.92. The van der Waals surface area contributed by atoms with E-state index in [4.69, 9.17) is 0 Å². The lowest BCUT2D eigenvalue weighted by atomic mass is 10.1. The van der Waals surface area contributed by atoms with Gasteiger partial charge in [0.15, 0.2) is 0 Å². The summed E-state index contributed by atoms with van der Waals surface area (Å²) >= 11 is 1.06. The van der Waals surface area contributed by atoms with Crippen molar-refractivity contribution in [2.24, 2.45) is 4.99 Å². The predicted molar refractivity (Wildman–Crippen MR) is 77.4 cm³/mol. The highest BCUT2D eigenvalue weighted by Gasteiger charge is 2.34. The molecule has 8 heteroatoms. The molecule has 3 aromatic heterocycles. The summed E-state index contributed by atoms with van der Waals surface area (Å²) in [6, 6.07) is 1.65. The Hall–Kier alpha value is -2.22. The number of alkyl halides is 3. The number of rotatable bonds is 1. The number of thiophene rings is 1. The number of aliphatic imine (C=N–C) groups is 1. The Morgan fingerprint density at radius 2 is 2.09 bits per heavy atom. The quantitative estimate of drug-likeness (QED) is 0.746. The minimum absolute atomic E-state index is 0.125. The second kappa shape index (κ2) is 4.64. The summed E-state index contributed by atoms with van der Waals surface area (Å²) in [4.78, 5) is 15.9. The number of nitrogens with one attached hydrogen (secondary N) is 1. The molecule has 0 aromatic carbocycles. The molecule has 3 aromatic rings. The molecule has 1 aliphatic heterocycles. The minimum atomic E-state index is -4.36. The van der Waals surface area contributed by atoms with Crippen molar-refractivity contribution in [1.29, 1.82) is 0 Å². The first-order valence-electron chi connectivity index (χ1n) is 6.56. The van der Waals surface area contributed by atoms with Crippen LogP contribution in [0, 0.1) is 0 Å². The highest BCUT2D eigenvalue weighted by molar-refractivity contribution is 7.17. The maximum atomic E-state index is 12.9. The van der Waals surface area contributed by atoms with Crippen LogP contribution in [0.15, 0.2) is 29.0 Å². The Labute approximate surface area is 126 Å². The molecule has 1 aliphatic rings. The summed E-state index contributed by atoms with van der Waals surface area (Å²) in [5.41, 5.74) is 2.25. The van der Waals surface area contributed by atoms with Crippen LogP contribution in [0.3, 0.4) is 0 Å². The monoisotopic (exact) mass is 322 g/mol. The van der Waals surface area contributed by atoms with Gasteiger partial charge in [-0.3, -0.25) is 9.98 Å². The number of hydrogen-bond acceptors (Lipinski definition) is 4. The van der Waals surface area contributed by atoms with Gasteiger partial charge in [-0.2, -0.15) is 13.2 Å². The highest BCUT2D eigenvalue weighted by Crippen LogP contribution is 2.38. The van der Waals surface area contributed by atoms with Crippen molar-refractivity contribution in [1.82, 2.24) is 15.0 Å². The van der Waals surface area contributed by atoms with Gasteiger partial charge in [0, 0.05) is 40.3 Å². The Balaban J connectivity index is 1.83. The first-order chi connectivity index (χ1) is 10.5. The van der Waals surface area contributed by atoms with Crippen molar-refractivity contribution >= 4 is 27.1 Å². The smallest absolute Gasteiger partial charge is 0.348 e. The zero-order chi connectivity index (χ0) is 15.3. The molecule has 0 saturated carbocycles. The van der Waals surface area contributed by atoms with Gasteiger partial charge in [-0.15, -0.1) is 11.3 Å². The van der Waals surface area contributed by atoms with Gasteiger partial charge in [-0.05, 0) is 6.07 Å². The van der Waals surface area contributed by atoms with E-state index in [1.54, 1.807) is 12.4 Å². The van der Waals surface area contributed by atoms with Crippen LogP contribution in [0.2, 0.25) is 0 Å². The Morgan fingerprint density at radius 3 is 2.91 bits per heavy atom. The van der Waals surface area contributed by atoms with E-state index in [2.05, 4.69) is 19.9 Å². The number of aromatic nitrogens is 3. The average Bonchev–Trinajstić information content (AvgIpc) is 3.11. The van der Waals surface area contributed by atoms with Gasteiger partial charge in [-0.25, -0.2) is 4.98 Å². The first kappa shape index (κ1) is 13.4.